The highest BCUT2D eigenvalue weighted by molar-refractivity contribution is 6.60. The van der Waals surface area contributed by atoms with Crippen LogP contribution in [0.25, 0.3) is 0 Å². The maximum atomic E-state index is 5.22. The van der Waals surface area contributed by atoms with Gasteiger partial charge in [-0.1, -0.05) is 0 Å². The minimum atomic E-state index is -2.33. The molecule has 0 fully saturated rings. The zero-order valence-electron chi connectivity index (χ0n) is 8.25. The van der Waals surface area contributed by atoms with Gasteiger partial charge in [0, 0.05) is 41.1 Å². The summed E-state index contributed by atoms with van der Waals surface area (Å²) in [4.78, 5) is 0. The maximum Gasteiger partial charge on any atom is 0.500 e. The first-order valence-electron chi connectivity index (χ1n) is 3.89. The van der Waals surface area contributed by atoms with Gasteiger partial charge in [-0.15, -0.1) is 0 Å². The highest BCUT2D eigenvalue weighted by atomic mass is 28.4. The summed E-state index contributed by atoms with van der Waals surface area (Å²) in [6.07, 6.45) is 0.901. The first kappa shape index (κ1) is 12.1. The van der Waals surface area contributed by atoms with E-state index in [0.29, 0.717) is 6.61 Å². The lowest BCUT2D eigenvalue weighted by Crippen LogP contribution is -2.42. The van der Waals surface area contributed by atoms with Crippen LogP contribution in [0.3, 0.4) is 0 Å². The Morgan fingerprint density at radius 2 is 1.42 bits per heavy atom. The zero-order valence-corrected chi connectivity index (χ0v) is 9.25. The molecule has 0 saturated carbocycles. The van der Waals surface area contributed by atoms with E-state index >= 15 is 0 Å². The van der Waals surface area contributed by atoms with E-state index in [-0.39, 0.29) is 0 Å². The van der Waals surface area contributed by atoms with E-state index in [9.17, 15) is 0 Å². The van der Waals surface area contributed by atoms with Crippen LogP contribution in [0.4, 0.5) is 0 Å². The maximum absolute atomic E-state index is 5.22. The molecule has 0 aliphatic rings. The molecule has 12 heavy (non-hydrogen) atoms. The average molecular weight is 194 g/mol. The molecule has 0 amide bonds. The summed E-state index contributed by atoms with van der Waals surface area (Å²) in [7, 11) is 4.19. The van der Waals surface area contributed by atoms with Crippen molar-refractivity contribution in [1.82, 2.24) is 0 Å². The molecule has 0 radical (unpaired) electrons. The van der Waals surface area contributed by atoms with Crippen LogP contribution in [0.15, 0.2) is 0 Å². The monoisotopic (exact) mass is 194 g/mol. The molecule has 0 spiro atoms. The third kappa shape index (κ3) is 3.64. The largest absolute Gasteiger partial charge is 0.500 e. The van der Waals surface area contributed by atoms with Gasteiger partial charge in [-0.2, -0.15) is 0 Å². The predicted molar refractivity (Wildman–Crippen MR) is 48.1 cm³/mol. The van der Waals surface area contributed by atoms with Crippen molar-refractivity contribution in [3.05, 3.63) is 0 Å². The van der Waals surface area contributed by atoms with Crippen molar-refractivity contribution in [2.45, 2.75) is 12.5 Å². The van der Waals surface area contributed by atoms with E-state index in [0.717, 1.165) is 12.5 Å². The lowest BCUT2D eigenvalue weighted by atomic mass is 10.5. The molecule has 0 aliphatic carbocycles. The minimum Gasteiger partial charge on any atom is -0.385 e. The van der Waals surface area contributed by atoms with Crippen molar-refractivity contribution in [3.8, 4) is 0 Å². The van der Waals surface area contributed by atoms with Gasteiger partial charge in [0.05, 0.1) is 0 Å². The van der Waals surface area contributed by atoms with Gasteiger partial charge in [0.2, 0.25) is 0 Å². The topological polar surface area (TPSA) is 36.9 Å². The van der Waals surface area contributed by atoms with Crippen LogP contribution in [0.5, 0.6) is 0 Å². The van der Waals surface area contributed by atoms with Crippen LogP contribution >= 0.6 is 0 Å². The molecular formula is C7H18O4Si. The minimum absolute atomic E-state index is 0.713. The molecule has 4 nitrogen and oxygen atoms in total. The number of ether oxygens (including phenoxy) is 1. The molecule has 0 N–H and O–H groups in total. The normalized spacial score (nSPS) is 12.0. The van der Waals surface area contributed by atoms with Crippen LogP contribution < -0.4 is 0 Å². The third-order valence-electron chi connectivity index (χ3n) is 1.76. The summed E-state index contributed by atoms with van der Waals surface area (Å²) in [6, 6.07) is 0.796. The molecule has 0 aliphatic heterocycles. The molecule has 0 unspecified atom stereocenters. The fourth-order valence-corrected chi connectivity index (χ4v) is 2.68. The molecule has 0 aromatic rings. The van der Waals surface area contributed by atoms with Crippen LogP contribution in [0.2, 0.25) is 6.04 Å². The number of methoxy groups -OCH3 is 1. The summed E-state index contributed by atoms with van der Waals surface area (Å²) in [5.41, 5.74) is 0. The van der Waals surface area contributed by atoms with Crippen LogP contribution in [0.1, 0.15) is 6.42 Å². The molecule has 0 rings (SSSR count). The SMILES string of the molecule is COCCC[Si](OC)(OC)OC. The molecule has 0 heterocycles. The van der Waals surface area contributed by atoms with Crippen molar-refractivity contribution in [3.63, 3.8) is 0 Å². The standard InChI is InChI=1S/C7H18O4Si/c1-8-6-5-7-12(9-2,10-3)11-4/h5-7H2,1-4H3. The smallest absolute Gasteiger partial charge is 0.385 e. The summed E-state index contributed by atoms with van der Waals surface area (Å²) < 4.78 is 20.6. The van der Waals surface area contributed by atoms with Crippen LogP contribution in [-0.4, -0.2) is 43.9 Å². The lowest BCUT2D eigenvalue weighted by molar-refractivity contribution is 0.117. The average Bonchev–Trinajstić information content (AvgIpc) is 2.14. The number of hydrogen-bond acceptors (Lipinski definition) is 4. The summed E-state index contributed by atoms with van der Waals surface area (Å²) >= 11 is 0. The first-order valence-corrected chi connectivity index (χ1v) is 5.82. The van der Waals surface area contributed by atoms with Crippen LogP contribution in [-0.2, 0) is 18.0 Å². The second kappa shape index (κ2) is 6.56. The van der Waals surface area contributed by atoms with E-state index in [1.165, 1.54) is 0 Å². The van der Waals surface area contributed by atoms with E-state index in [1.807, 2.05) is 0 Å². The summed E-state index contributed by atoms with van der Waals surface area (Å²) in [6.45, 7) is 0.713. The van der Waals surface area contributed by atoms with Gasteiger partial charge in [0.15, 0.2) is 0 Å². The van der Waals surface area contributed by atoms with Crippen LogP contribution in [0, 0.1) is 0 Å². The van der Waals surface area contributed by atoms with Crippen molar-refractivity contribution >= 4 is 8.80 Å². The van der Waals surface area contributed by atoms with E-state index in [4.69, 9.17) is 18.0 Å². The highest BCUT2D eigenvalue weighted by Gasteiger charge is 2.36. The van der Waals surface area contributed by atoms with Crippen molar-refractivity contribution in [2.24, 2.45) is 0 Å². The third-order valence-corrected chi connectivity index (χ3v) is 4.60. The molecule has 5 heteroatoms. The lowest BCUT2D eigenvalue weighted by Gasteiger charge is -2.23. The van der Waals surface area contributed by atoms with Crippen molar-refractivity contribution in [1.29, 1.82) is 0 Å². The Kier molecular flexibility index (Phi) is 6.59. The Morgan fingerprint density at radius 1 is 0.917 bits per heavy atom. The Morgan fingerprint density at radius 3 is 1.75 bits per heavy atom. The second-order valence-corrected chi connectivity index (χ2v) is 5.48. The predicted octanol–water partition coefficient (Wildman–Crippen LogP) is 0.901. The fourth-order valence-electron chi connectivity index (χ4n) is 0.989. The summed E-state index contributed by atoms with van der Waals surface area (Å²) in [5.74, 6) is 0. The molecule has 0 atom stereocenters. The molecule has 0 aromatic carbocycles. The molecular weight excluding hydrogens is 176 g/mol. The van der Waals surface area contributed by atoms with E-state index < -0.39 is 8.80 Å². The van der Waals surface area contributed by atoms with Gasteiger partial charge in [-0.3, -0.25) is 0 Å². The van der Waals surface area contributed by atoms with Gasteiger partial charge in [-0.25, -0.2) is 0 Å². The highest BCUT2D eigenvalue weighted by Crippen LogP contribution is 2.14. The fraction of sp³-hybridized carbons (Fsp3) is 1.00. The Balaban J connectivity index is 3.76. The molecule has 74 valence electrons. The van der Waals surface area contributed by atoms with Crippen molar-refractivity contribution in [2.75, 3.05) is 35.0 Å². The van der Waals surface area contributed by atoms with E-state index in [1.54, 1.807) is 28.4 Å². The number of rotatable bonds is 7. The Hall–Kier alpha value is 0.0569. The van der Waals surface area contributed by atoms with Gasteiger partial charge < -0.3 is 18.0 Å². The summed E-state index contributed by atoms with van der Waals surface area (Å²) in [5, 5.41) is 0. The van der Waals surface area contributed by atoms with Gasteiger partial charge in [0.1, 0.15) is 0 Å². The van der Waals surface area contributed by atoms with Gasteiger partial charge in [-0.05, 0) is 6.42 Å². The molecule has 0 aromatic heterocycles. The van der Waals surface area contributed by atoms with Crippen molar-refractivity contribution < 1.29 is 18.0 Å². The van der Waals surface area contributed by atoms with Gasteiger partial charge >= 0.3 is 8.80 Å². The quantitative estimate of drug-likeness (QED) is 0.446. The Labute approximate surface area is 75.1 Å². The number of hydrogen-bond donors (Lipinski definition) is 0. The molecule has 0 bridgehead atoms. The zero-order chi connectivity index (χ0) is 9.45. The van der Waals surface area contributed by atoms with Gasteiger partial charge in [0.25, 0.3) is 0 Å². The first-order chi connectivity index (χ1) is 5.74. The Bertz CT molecular complexity index is 97.3. The second-order valence-electron chi connectivity index (χ2n) is 2.39. The molecule has 0 saturated heterocycles. The van der Waals surface area contributed by atoms with E-state index in [2.05, 4.69) is 0 Å².